The van der Waals surface area contributed by atoms with Crippen molar-refractivity contribution in [2.24, 2.45) is 17.5 Å². The molecule has 13 heavy (non-hydrogen) atoms. The van der Waals surface area contributed by atoms with Gasteiger partial charge >= 0.3 is 38.0 Å². The van der Waals surface area contributed by atoms with E-state index in [9.17, 15) is 0 Å². The summed E-state index contributed by atoms with van der Waals surface area (Å²) in [6, 6.07) is 0. The molecule has 0 aromatic heterocycles. The number of hydrogen-bond acceptors (Lipinski definition) is 8. The van der Waals surface area contributed by atoms with Crippen LogP contribution < -0.4 is 23.0 Å². The van der Waals surface area contributed by atoms with Gasteiger partial charge in [0, 0.05) is 0 Å². The zero-order valence-corrected chi connectivity index (χ0v) is 7.13. The monoisotopic (exact) mass is 241 g/mol. The van der Waals surface area contributed by atoms with E-state index in [1.54, 1.807) is 0 Å². The second-order valence-corrected chi connectivity index (χ2v) is 1.60. The Balaban J connectivity index is 0. The number of hydrazine groups is 3. The first kappa shape index (κ1) is 14.2. The van der Waals surface area contributed by atoms with Crippen molar-refractivity contribution >= 4 is 5.96 Å². The average molecular weight is 241 g/mol. The van der Waals surface area contributed by atoms with Crippen LogP contribution in [0, 0.1) is 15.5 Å². The van der Waals surface area contributed by atoms with Gasteiger partial charge < -0.3 is 0 Å². The molecule has 0 radical (unpaired) electrons. The average Bonchev–Trinajstić information content (AvgIpc) is 2.03. The predicted octanol–water partition coefficient (Wildman–Crippen LogP) is -3.03. The first-order valence-corrected chi connectivity index (χ1v) is 3.20. The Morgan fingerprint density at radius 2 is 2.15 bits per heavy atom. The second kappa shape index (κ2) is 8.75. The molecule has 0 saturated carbocycles. The number of nitrogens with two attached hydrogens (primary N) is 3. The van der Waals surface area contributed by atoms with Crippen molar-refractivity contribution < 1.29 is 27.9 Å². The zero-order chi connectivity index (χ0) is 10.9. The van der Waals surface area contributed by atoms with E-state index in [4.69, 9.17) is 36.9 Å². The van der Waals surface area contributed by atoms with Gasteiger partial charge in [0.15, 0.2) is 0 Å². The van der Waals surface area contributed by atoms with E-state index in [1.807, 2.05) is 5.43 Å². The van der Waals surface area contributed by atoms with Crippen LogP contribution in [0.15, 0.2) is 0 Å². The van der Waals surface area contributed by atoms with E-state index in [0.717, 1.165) is 0 Å². The van der Waals surface area contributed by atoms with E-state index in [1.165, 1.54) is 0 Å². The molecule has 0 aliphatic heterocycles. The molecule has 0 bridgehead atoms. The predicted molar refractivity (Wildman–Crippen MR) is 34.0 cm³/mol. The summed E-state index contributed by atoms with van der Waals surface area (Å²) in [7, 11) is 0. The molecular weight excluding hydrogens is 233 g/mol. The van der Waals surface area contributed by atoms with Crippen LogP contribution in [-0.2, 0) is 22.8 Å². The topological polar surface area (TPSA) is 187 Å². The van der Waals surface area contributed by atoms with E-state index in [-0.39, 0.29) is 5.96 Å². The fourth-order valence-corrected chi connectivity index (χ4v) is 0.158. The third-order valence-corrected chi connectivity index (χ3v) is 0.702. The second-order valence-electron chi connectivity index (χ2n) is 1.24. The van der Waals surface area contributed by atoms with Crippen LogP contribution in [0.4, 0.5) is 0 Å². The van der Waals surface area contributed by atoms with Crippen molar-refractivity contribution in [3.8, 4) is 0 Å². The van der Waals surface area contributed by atoms with E-state index >= 15 is 0 Å². The van der Waals surface area contributed by atoms with Crippen molar-refractivity contribution in [3.05, 3.63) is 10.1 Å². The van der Waals surface area contributed by atoms with E-state index < -0.39 is 20.0 Å². The van der Waals surface area contributed by atoms with Crippen molar-refractivity contribution in [1.82, 2.24) is 10.5 Å². The summed E-state index contributed by atoms with van der Waals surface area (Å²) in [5.74, 6) is 14.0. The molecule has 0 rings (SSSR count). The SMILES string of the molecule is N=C(NN)N(N)N.[O]=[Co][O][N+](=O)[O-]. The van der Waals surface area contributed by atoms with E-state index in [2.05, 4.69) is 3.95 Å². The molecule has 0 aromatic carbocycles. The molecule has 0 fully saturated rings. The Hall–Kier alpha value is -1.34. The van der Waals surface area contributed by atoms with Crippen LogP contribution in [0.3, 0.4) is 0 Å². The van der Waals surface area contributed by atoms with Gasteiger partial charge in [0.2, 0.25) is 5.96 Å². The van der Waals surface area contributed by atoms with Gasteiger partial charge in [-0.05, 0) is 0 Å². The molecule has 0 heterocycles. The summed E-state index contributed by atoms with van der Waals surface area (Å²) < 4.78 is 12.2. The number of nitrogens with one attached hydrogen (secondary N) is 2. The van der Waals surface area contributed by atoms with Crippen LogP contribution in [0.1, 0.15) is 0 Å². The van der Waals surface area contributed by atoms with Crippen LogP contribution in [0.2, 0.25) is 0 Å². The van der Waals surface area contributed by atoms with Gasteiger partial charge in [-0.3, -0.25) is 10.8 Å². The number of nitrogens with zero attached hydrogens (tertiary/aromatic N) is 2. The maximum absolute atomic E-state index is 9.05. The molecule has 8 N–H and O–H groups in total. The molecule has 0 aliphatic rings. The molecule has 0 aliphatic carbocycles. The summed E-state index contributed by atoms with van der Waals surface area (Å²) in [6.07, 6.45) is 0. The maximum atomic E-state index is 9.05. The summed E-state index contributed by atoms with van der Waals surface area (Å²) in [5, 5.41) is 15.0. The number of guanidine groups is 1. The third kappa shape index (κ3) is 13.6. The van der Waals surface area contributed by atoms with Crippen molar-refractivity contribution in [3.63, 3.8) is 0 Å². The van der Waals surface area contributed by atoms with Crippen molar-refractivity contribution in [1.29, 1.82) is 5.41 Å². The van der Waals surface area contributed by atoms with Gasteiger partial charge in [-0.2, -0.15) is 0 Å². The molecule has 12 heteroatoms. The molecule has 0 spiro atoms. The van der Waals surface area contributed by atoms with Gasteiger partial charge in [0.25, 0.3) is 0 Å². The quantitative estimate of drug-likeness (QED) is 0.110. The van der Waals surface area contributed by atoms with Gasteiger partial charge in [-0.25, -0.2) is 22.6 Å². The minimum atomic E-state index is -1.15. The Bertz CT molecular complexity index is 181. The molecule has 0 aromatic rings. The van der Waals surface area contributed by atoms with Gasteiger partial charge in [-0.1, -0.05) is 0 Å². The standard InChI is InChI=1S/CH8N6.Co.NO3.O/c2-1(6-3)7(4)5;;2-1(3)4;/h3-5H2,(H2,2,6);;;/q;+1;-1;. The number of rotatable bonds is 2. The molecule has 0 saturated heterocycles. The van der Waals surface area contributed by atoms with Crippen LogP contribution in [0.5, 0.6) is 0 Å². The zero-order valence-electron chi connectivity index (χ0n) is 6.09. The van der Waals surface area contributed by atoms with Gasteiger partial charge in [0.1, 0.15) is 0 Å². The minimum absolute atomic E-state index is 0.236. The number of hydrogen-bond donors (Lipinski definition) is 5. The first-order valence-electron chi connectivity index (χ1n) is 2.35. The Morgan fingerprint density at radius 3 is 2.15 bits per heavy atom. The van der Waals surface area contributed by atoms with Crippen molar-refractivity contribution in [2.75, 3.05) is 0 Å². The fraction of sp³-hybridized carbons (Fsp3) is 0. The first-order chi connectivity index (χ1) is 5.95. The Labute approximate surface area is 78.2 Å². The van der Waals surface area contributed by atoms with Crippen LogP contribution in [-0.4, -0.2) is 16.2 Å². The molecule has 0 unspecified atom stereocenters. The Morgan fingerprint density at radius 1 is 1.69 bits per heavy atom. The molecule has 0 amide bonds. The van der Waals surface area contributed by atoms with E-state index in [0.29, 0.717) is 5.12 Å². The summed E-state index contributed by atoms with van der Waals surface area (Å²) in [4.78, 5) is 8.97. The van der Waals surface area contributed by atoms with Crippen molar-refractivity contribution in [2.45, 2.75) is 0 Å². The Kier molecular flexibility index (Phi) is 9.56. The fourth-order valence-electron chi connectivity index (χ4n) is 0.0948. The third-order valence-electron chi connectivity index (χ3n) is 0.469. The molecule has 0 atom stereocenters. The van der Waals surface area contributed by atoms with Crippen LogP contribution in [0.25, 0.3) is 0 Å². The molecule has 11 nitrogen and oxygen atoms in total. The normalized spacial score (nSPS) is 7.92. The summed E-state index contributed by atoms with van der Waals surface area (Å²) >= 11 is -0.901. The molecule has 80 valence electrons. The van der Waals surface area contributed by atoms with Gasteiger partial charge in [-0.15, -0.1) is 0 Å². The van der Waals surface area contributed by atoms with Gasteiger partial charge in [0.05, 0.1) is 0 Å². The summed E-state index contributed by atoms with van der Waals surface area (Å²) in [5.41, 5.74) is 1.92. The summed E-state index contributed by atoms with van der Waals surface area (Å²) in [6.45, 7) is 0. The molecular formula is CH8CoN7O4. The van der Waals surface area contributed by atoms with Crippen LogP contribution >= 0.6 is 0 Å².